The highest BCUT2D eigenvalue weighted by molar-refractivity contribution is 9.10. The second kappa shape index (κ2) is 6.40. The number of hydrogen-bond acceptors (Lipinski definition) is 2. The Balaban J connectivity index is 2.72. The van der Waals surface area contributed by atoms with Crippen LogP contribution < -0.4 is 0 Å². The molecular formula is C12H14Br2O2. The third-order valence-electron chi connectivity index (χ3n) is 2.25. The minimum Gasteiger partial charge on any atom is -0.465 e. The van der Waals surface area contributed by atoms with Crippen molar-refractivity contribution in [3.8, 4) is 0 Å². The number of esters is 1. The van der Waals surface area contributed by atoms with E-state index in [4.69, 9.17) is 4.74 Å². The zero-order chi connectivity index (χ0) is 12.1. The van der Waals surface area contributed by atoms with E-state index >= 15 is 0 Å². The Morgan fingerprint density at radius 2 is 2.19 bits per heavy atom. The van der Waals surface area contributed by atoms with Crippen molar-refractivity contribution in [2.75, 3.05) is 6.61 Å². The summed E-state index contributed by atoms with van der Waals surface area (Å²) in [5.74, 6) is -0.207. The van der Waals surface area contributed by atoms with Crippen LogP contribution in [-0.2, 0) is 16.0 Å². The van der Waals surface area contributed by atoms with E-state index in [0.29, 0.717) is 13.0 Å². The quantitative estimate of drug-likeness (QED) is 0.613. The van der Waals surface area contributed by atoms with Gasteiger partial charge in [0.05, 0.1) is 6.61 Å². The lowest BCUT2D eigenvalue weighted by molar-refractivity contribution is -0.142. The van der Waals surface area contributed by atoms with Crippen LogP contribution in [0, 0.1) is 6.92 Å². The first kappa shape index (κ1) is 13.7. The van der Waals surface area contributed by atoms with E-state index < -0.39 is 0 Å². The lowest BCUT2D eigenvalue weighted by atomic mass is 10.0. The molecule has 1 unspecified atom stereocenters. The van der Waals surface area contributed by atoms with Crippen LogP contribution in [0.5, 0.6) is 0 Å². The van der Waals surface area contributed by atoms with Gasteiger partial charge in [0.25, 0.3) is 0 Å². The van der Waals surface area contributed by atoms with Gasteiger partial charge in [0.15, 0.2) is 0 Å². The van der Waals surface area contributed by atoms with Gasteiger partial charge in [0, 0.05) is 4.47 Å². The fourth-order valence-corrected chi connectivity index (χ4v) is 2.26. The number of ether oxygens (including phenoxy) is 1. The van der Waals surface area contributed by atoms with Crippen molar-refractivity contribution in [3.63, 3.8) is 0 Å². The molecule has 1 atom stereocenters. The number of carbonyl (C=O) groups is 1. The molecule has 2 nitrogen and oxygen atoms in total. The SMILES string of the molecule is CCOC(=O)C(Br)Cc1cc(Br)ccc1C. The Morgan fingerprint density at radius 1 is 1.50 bits per heavy atom. The third kappa shape index (κ3) is 3.91. The van der Waals surface area contributed by atoms with E-state index in [-0.39, 0.29) is 10.8 Å². The van der Waals surface area contributed by atoms with Crippen LogP contribution in [0.25, 0.3) is 0 Å². The molecule has 1 rings (SSSR count). The predicted molar refractivity (Wildman–Crippen MR) is 71.9 cm³/mol. The highest BCUT2D eigenvalue weighted by atomic mass is 79.9. The van der Waals surface area contributed by atoms with Crippen molar-refractivity contribution in [1.29, 1.82) is 0 Å². The number of alkyl halides is 1. The molecule has 0 saturated heterocycles. The number of carbonyl (C=O) groups excluding carboxylic acids is 1. The zero-order valence-corrected chi connectivity index (χ0v) is 12.5. The van der Waals surface area contributed by atoms with E-state index in [1.165, 1.54) is 5.56 Å². The Hall–Kier alpha value is -0.350. The maximum Gasteiger partial charge on any atom is 0.320 e. The van der Waals surface area contributed by atoms with Gasteiger partial charge in [-0.2, -0.15) is 0 Å². The van der Waals surface area contributed by atoms with E-state index in [0.717, 1.165) is 10.0 Å². The number of hydrogen-bond donors (Lipinski definition) is 0. The second-order valence-corrected chi connectivity index (χ2v) is 5.52. The Labute approximate surface area is 113 Å². The van der Waals surface area contributed by atoms with Gasteiger partial charge in [-0.15, -0.1) is 0 Å². The van der Waals surface area contributed by atoms with Crippen molar-refractivity contribution in [1.82, 2.24) is 0 Å². The topological polar surface area (TPSA) is 26.3 Å². The molecule has 0 fully saturated rings. The summed E-state index contributed by atoms with van der Waals surface area (Å²) in [6, 6.07) is 6.06. The van der Waals surface area contributed by atoms with Crippen LogP contribution in [0.3, 0.4) is 0 Å². The summed E-state index contributed by atoms with van der Waals surface area (Å²) in [7, 11) is 0. The summed E-state index contributed by atoms with van der Waals surface area (Å²) in [5, 5.41) is 0. The summed E-state index contributed by atoms with van der Waals surface area (Å²) in [6.45, 7) is 4.26. The van der Waals surface area contributed by atoms with Gasteiger partial charge >= 0.3 is 5.97 Å². The van der Waals surface area contributed by atoms with Gasteiger partial charge in [-0.1, -0.05) is 37.9 Å². The van der Waals surface area contributed by atoms with Crippen molar-refractivity contribution in [2.24, 2.45) is 0 Å². The Morgan fingerprint density at radius 3 is 2.81 bits per heavy atom. The molecular weight excluding hydrogens is 336 g/mol. The number of halogens is 2. The normalized spacial score (nSPS) is 12.2. The fourth-order valence-electron chi connectivity index (χ4n) is 1.37. The van der Waals surface area contributed by atoms with Gasteiger partial charge in [-0.3, -0.25) is 4.79 Å². The summed E-state index contributed by atoms with van der Waals surface area (Å²) in [5.41, 5.74) is 2.32. The lowest BCUT2D eigenvalue weighted by Crippen LogP contribution is -2.20. The number of benzene rings is 1. The maximum absolute atomic E-state index is 11.5. The first-order valence-electron chi connectivity index (χ1n) is 5.10. The van der Waals surface area contributed by atoms with Crippen molar-refractivity contribution in [3.05, 3.63) is 33.8 Å². The van der Waals surface area contributed by atoms with Crippen molar-refractivity contribution < 1.29 is 9.53 Å². The van der Waals surface area contributed by atoms with Gasteiger partial charge in [-0.05, 0) is 43.5 Å². The summed E-state index contributed by atoms with van der Waals surface area (Å²) >= 11 is 6.77. The maximum atomic E-state index is 11.5. The molecule has 0 heterocycles. The standard InChI is InChI=1S/C12H14Br2O2/c1-3-16-12(15)11(14)7-9-6-10(13)5-4-8(9)2/h4-6,11H,3,7H2,1-2H3. The van der Waals surface area contributed by atoms with Crippen LogP contribution in [0.1, 0.15) is 18.1 Å². The summed E-state index contributed by atoms with van der Waals surface area (Å²) in [4.78, 5) is 11.2. The summed E-state index contributed by atoms with van der Waals surface area (Å²) in [6.07, 6.45) is 0.643. The predicted octanol–water partition coefficient (Wildman–Crippen LogP) is 3.63. The van der Waals surface area contributed by atoms with E-state index in [2.05, 4.69) is 31.9 Å². The minimum atomic E-state index is -0.277. The monoisotopic (exact) mass is 348 g/mol. The molecule has 0 aliphatic carbocycles. The molecule has 0 aromatic heterocycles. The van der Waals surface area contributed by atoms with Crippen LogP contribution in [-0.4, -0.2) is 17.4 Å². The third-order valence-corrected chi connectivity index (χ3v) is 3.44. The van der Waals surface area contributed by atoms with Gasteiger partial charge < -0.3 is 4.74 Å². The average Bonchev–Trinajstić information content (AvgIpc) is 2.23. The molecule has 4 heteroatoms. The smallest absolute Gasteiger partial charge is 0.320 e. The first-order chi connectivity index (χ1) is 7.54. The average molecular weight is 350 g/mol. The molecule has 0 saturated carbocycles. The molecule has 0 amide bonds. The Kier molecular flexibility index (Phi) is 5.49. The van der Waals surface area contributed by atoms with Crippen molar-refractivity contribution in [2.45, 2.75) is 25.1 Å². The van der Waals surface area contributed by atoms with Gasteiger partial charge in [0.1, 0.15) is 4.83 Å². The number of rotatable bonds is 4. The molecule has 0 bridgehead atoms. The molecule has 0 aliphatic rings. The molecule has 0 aliphatic heterocycles. The van der Waals surface area contributed by atoms with Crippen LogP contribution in [0.2, 0.25) is 0 Å². The molecule has 0 radical (unpaired) electrons. The van der Waals surface area contributed by atoms with Crippen LogP contribution >= 0.6 is 31.9 Å². The first-order valence-corrected chi connectivity index (χ1v) is 6.81. The number of aryl methyl sites for hydroxylation is 1. The van der Waals surface area contributed by atoms with E-state index in [1.807, 2.05) is 32.0 Å². The molecule has 1 aromatic rings. The Bertz CT molecular complexity index is 377. The second-order valence-electron chi connectivity index (χ2n) is 3.49. The highest BCUT2D eigenvalue weighted by Gasteiger charge is 2.17. The van der Waals surface area contributed by atoms with Crippen LogP contribution in [0.4, 0.5) is 0 Å². The lowest BCUT2D eigenvalue weighted by Gasteiger charge is -2.11. The molecule has 1 aromatic carbocycles. The van der Waals surface area contributed by atoms with E-state index in [9.17, 15) is 4.79 Å². The molecule has 16 heavy (non-hydrogen) atoms. The van der Waals surface area contributed by atoms with Gasteiger partial charge in [0.2, 0.25) is 0 Å². The van der Waals surface area contributed by atoms with E-state index in [1.54, 1.807) is 0 Å². The fraction of sp³-hybridized carbons (Fsp3) is 0.417. The molecule has 0 spiro atoms. The molecule has 0 N–H and O–H groups in total. The minimum absolute atomic E-state index is 0.207. The zero-order valence-electron chi connectivity index (χ0n) is 9.30. The largest absolute Gasteiger partial charge is 0.465 e. The molecule has 88 valence electrons. The van der Waals surface area contributed by atoms with Crippen LogP contribution in [0.15, 0.2) is 22.7 Å². The summed E-state index contributed by atoms with van der Waals surface area (Å²) < 4.78 is 5.97. The van der Waals surface area contributed by atoms with Crippen molar-refractivity contribution >= 4 is 37.8 Å². The van der Waals surface area contributed by atoms with Gasteiger partial charge in [-0.25, -0.2) is 0 Å². The highest BCUT2D eigenvalue weighted by Crippen LogP contribution is 2.20.